The van der Waals surface area contributed by atoms with Crippen molar-refractivity contribution in [1.29, 1.82) is 0 Å². The average molecular weight is 566 g/mol. The summed E-state index contributed by atoms with van der Waals surface area (Å²) < 4.78 is 37.3. The number of nitrogens with zero attached hydrogens (tertiary/aromatic N) is 2. The molecule has 1 aromatic heterocycles. The Bertz CT molecular complexity index is 1540. The first-order chi connectivity index (χ1) is 18.7. The van der Waals surface area contributed by atoms with Crippen LogP contribution >= 0.6 is 11.6 Å². The van der Waals surface area contributed by atoms with Gasteiger partial charge in [0.25, 0.3) is 5.91 Å². The molecule has 39 heavy (non-hydrogen) atoms. The zero-order valence-electron chi connectivity index (χ0n) is 21.7. The van der Waals surface area contributed by atoms with Gasteiger partial charge in [0, 0.05) is 35.8 Å². The molecule has 0 unspecified atom stereocenters. The van der Waals surface area contributed by atoms with Gasteiger partial charge >= 0.3 is 0 Å². The predicted octanol–water partition coefficient (Wildman–Crippen LogP) is 5.56. The van der Waals surface area contributed by atoms with Crippen molar-refractivity contribution in [3.63, 3.8) is 0 Å². The van der Waals surface area contributed by atoms with Gasteiger partial charge < -0.3 is 14.8 Å². The summed E-state index contributed by atoms with van der Waals surface area (Å²) in [7, 11) is -0.823. The number of aromatic nitrogens is 1. The minimum absolute atomic E-state index is 0.0147. The molecule has 0 saturated carbocycles. The van der Waals surface area contributed by atoms with E-state index in [0.717, 1.165) is 23.8 Å². The van der Waals surface area contributed by atoms with Crippen LogP contribution in [0.2, 0.25) is 5.02 Å². The lowest BCUT2D eigenvalue weighted by Crippen LogP contribution is -2.29. The van der Waals surface area contributed by atoms with Crippen LogP contribution in [0.15, 0.2) is 85.2 Å². The Morgan fingerprint density at radius 1 is 0.872 bits per heavy atom. The third-order valence-corrected chi connectivity index (χ3v) is 7.46. The van der Waals surface area contributed by atoms with E-state index in [2.05, 4.69) is 10.3 Å². The first-order valence-electron chi connectivity index (χ1n) is 12.0. The summed E-state index contributed by atoms with van der Waals surface area (Å²) in [4.78, 5) is 16.9. The number of hydrogen-bond acceptors (Lipinski definition) is 6. The normalized spacial score (nSPS) is 11.1. The Balaban J connectivity index is 1.47. The molecular formula is C29H28ClN3O5S. The van der Waals surface area contributed by atoms with Crippen molar-refractivity contribution in [2.24, 2.45) is 0 Å². The molecule has 1 heterocycles. The summed E-state index contributed by atoms with van der Waals surface area (Å²) in [5.41, 5.74) is 4.36. The van der Waals surface area contributed by atoms with E-state index in [9.17, 15) is 13.2 Å². The van der Waals surface area contributed by atoms with Gasteiger partial charge in [-0.3, -0.25) is 14.1 Å². The maximum absolute atomic E-state index is 12.8. The molecule has 0 bridgehead atoms. The molecule has 4 rings (SSSR count). The number of carbonyl (C=O) groups excluding carboxylic acids is 1. The number of anilines is 2. The van der Waals surface area contributed by atoms with Gasteiger partial charge in [0.2, 0.25) is 10.0 Å². The molecule has 4 aromatic rings. The number of halogens is 1. The summed E-state index contributed by atoms with van der Waals surface area (Å²) in [5.74, 6) is 0.333. The van der Waals surface area contributed by atoms with Crippen LogP contribution in [0, 0.1) is 0 Å². The molecule has 1 amide bonds. The van der Waals surface area contributed by atoms with Gasteiger partial charge in [0.05, 0.1) is 37.7 Å². The lowest BCUT2D eigenvalue weighted by Gasteiger charge is -2.25. The molecule has 0 radical (unpaired) electrons. The number of benzene rings is 3. The first kappa shape index (κ1) is 27.9. The summed E-state index contributed by atoms with van der Waals surface area (Å²) >= 11 is 6.19. The number of pyridine rings is 1. The quantitative estimate of drug-likeness (QED) is 0.270. The Kier molecular flexibility index (Phi) is 8.73. The van der Waals surface area contributed by atoms with Gasteiger partial charge in [-0.1, -0.05) is 35.9 Å². The standard InChI is InChI=1S/C29H28ClN3O5S/c1-37-27-18-26(28(38-2)17-25(27)30)33(39(3,35)36)19-22-4-8-23(9-5-22)29(34)32-24-10-6-20(7-11-24)16-21-12-14-31-15-13-21/h4-15,17-18H,16,19H2,1-3H3,(H,32,34). The van der Waals surface area contributed by atoms with Crippen molar-refractivity contribution in [1.82, 2.24) is 4.98 Å². The van der Waals surface area contributed by atoms with Gasteiger partial charge in [0.15, 0.2) is 0 Å². The largest absolute Gasteiger partial charge is 0.495 e. The third kappa shape index (κ3) is 7.07. The number of ether oxygens (including phenoxy) is 2. The van der Waals surface area contributed by atoms with Gasteiger partial charge in [-0.2, -0.15) is 0 Å². The van der Waals surface area contributed by atoms with Crippen LogP contribution in [-0.2, 0) is 23.0 Å². The molecule has 1 N–H and O–H groups in total. The van der Waals surface area contributed by atoms with Crippen LogP contribution in [0.1, 0.15) is 27.0 Å². The number of amides is 1. The Morgan fingerprint density at radius 2 is 1.46 bits per heavy atom. The molecule has 0 aliphatic carbocycles. The van der Waals surface area contributed by atoms with Gasteiger partial charge in [-0.25, -0.2) is 8.42 Å². The number of hydrogen-bond donors (Lipinski definition) is 1. The number of nitrogens with one attached hydrogen (secondary N) is 1. The Morgan fingerprint density at radius 3 is 2.05 bits per heavy atom. The van der Waals surface area contributed by atoms with Gasteiger partial charge in [-0.15, -0.1) is 0 Å². The third-order valence-electron chi connectivity index (χ3n) is 6.03. The lowest BCUT2D eigenvalue weighted by atomic mass is 10.1. The van der Waals surface area contributed by atoms with E-state index in [1.165, 1.54) is 30.7 Å². The second-order valence-corrected chi connectivity index (χ2v) is 11.1. The van der Waals surface area contributed by atoms with Crippen molar-refractivity contribution < 1.29 is 22.7 Å². The van der Waals surface area contributed by atoms with Gasteiger partial charge in [-0.05, 0) is 59.5 Å². The minimum atomic E-state index is -3.71. The maximum Gasteiger partial charge on any atom is 0.255 e. The highest BCUT2D eigenvalue weighted by molar-refractivity contribution is 7.92. The number of rotatable bonds is 10. The topological polar surface area (TPSA) is 97.8 Å². The molecule has 10 heteroatoms. The molecule has 0 saturated heterocycles. The molecule has 0 atom stereocenters. The number of methoxy groups -OCH3 is 2. The van der Waals surface area contributed by atoms with Crippen LogP contribution in [-0.4, -0.2) is 39.8 Å². The average Bonchev–Trinajstić information content (AvgIpc) is 2.93. The van der Waals surface area contributed by atoms with Crippen molar-refractivity contribution in [3.05, 3.63) is 112 Å². The number of carbonyl (C=O) groups is 1. The fourth-order valence-corrected chi connectivity index (χ4v) is 5.11. The van der Waals surface area contributed by atoms with Crippen molar-refractivity contribution in [3.8, 4) is 11.5 Å². The summed E-state index contributed by atoms with van der Waals surface area (Å²) in [5, 5.41) is 3.19. The molecular weight excluding hydrogens is 538 g/mol. The zero-order chi connectivity index (χ0) is 28.0. The SMILES string of the molecule is COc1cc(N(Cc2ccc(C(=O)Nc3ccc(Cc4ccncc4)cc3)cc2)S(C)(=O)=O)c(OC)cc1Cl. The second-order valence-electron chi connectivity index (χ2n) is 8.81. The van der Waals surface area contributed by atoms with Crippen LogP contribution < -0.4 is 19.1 Å². The van der Waals surface area contributed by atoms with Crippen LogP contribution in [0.5, 0.6) is 11.5 Å². The molecule has 0 fully saturated rings. The summed E-state index contributed by atoms with van der Waals surface area (Å²) in [6, 6.07) is 21.4. The van der Waals surface area contributed by atoms with Crippen molar-refractivity contribution >= 4 is 38.9 Å². The fraction of sp³-hybridized carbons (Fsp3) is 0.172. The molecule has 0 aliphatic heterocycles. The van der Waals surface area contributed by atoms with Crippen molar-refractivity contribution in [2.75, 3.05) is 30.1 Å². The monoisotopic (exact) mass is 565 g/mol. The van der Waals surface area contributed by atoms with E-state index in [0.29, 0.717) is 27.6 Å². The van der Waals surface area contributed by atoms with Crippen molar-refractivity contribution in [2.45, 2.75) is 13.0 Å². The maximum atomic E-state index is 12.8. The predicted molar refractivity (Wildman–Crippen MR) is 153 cm³/mol. The minimum Gasteiger partial charge on any atom is -0.495 e. The first-order valence-corrected chi connectivity index (χ1v) is 14.2. The van der Waals surface area contributed by atoms with Crippen LogP contribution in [0.4, 0.5) is 11.4 Å². The Hall–Kier alpha value is -4.08. The Labute approximate surface area is 233 Å². The zero-order valence-corrected chi connectivity index (χ0v) is 23.3. The second kappa shape index (κ2) is 12.2. The lowest BCUT2D eigenvalue weighted by molar-refractivity contribution is 0.102. The van der Waals surface area contributed by atoms with E-state index in [-0.39, 0.29) is 23.9 Å². The highest BCUT2D eigenvalue weighted by atomic mass is 35.5. The number of sulfonamides is 1. The summed E-state index contributed by atoms with van der Waals surface area (Å²) in [6.45, 7) is 0.0147. The van der Waals surface area contributed by atoms with E-state index >= 15 is 0 Å². The van der Waals surface area contributed by atoms with E-state index in [1.54, 1.807) is 36.7 Å². The molecule has 202 valence electrons. The van der Waals surface area contributed by atoms with E-state index in [4.69, 9.17) is 21.1 Å². The van der Waals surface area contributed by atoms with E-state index < -0.39 is 10.0 Å². The molecule has 8 nitrogen and oxygen atoms in total. The molecule has 0 spiro atoms. The summed E-state index contributed by atoms with van der Waals surface area (Å²) in [6.07, 6.45) is 5.41. The fourth-order valence-electron chi connectivity index (χ4n) is 3.99. The van der Waals surface area contributed by atoms with Gasteiger partial charge in [0.1, 0.15) is 11.5 Å². The highest BCUT2D eigenvalue weighted by Crippen LogP contribution is 2.39. The van der Waals surface area contributed by atoms with Crippen LogP contribution in [0.3, 0.4) is 0 Å². The highest BCUT2D eigenvalue weighted by Gasteiger charge is 2.24. The van der Waals surface area contributed by atoms with Crippen LogP contribution in [0.25, 0.3) is 0 Å². The molecule has 3 aromatic carbocycles. The van der Waals surface area contributed by atoms with E-state index in [1.807, 2.05) is 36.4 Å². The smallest absolute Gasteiger partial charge is 0.255 e. The molecule has 0 aliphatic rings.